The van der Waals surface area contributed by atoms with Gasteiger partial charge >= 0.3 is 5.97 Å². The summed E-state index contributed by atoms with van der Waals surface area (Å²) in [4.78, 5) is 15.6. The van der Waals surface area contributed by atoms with Crippen LogP contribution in [0, 0.1) is 23.5 Å². The molecule has 1 saturated carbocycles. The second kappa shape index (κ2) is 10.1. The summed E-state index contributed by atoms with van der Waals surface area (Å²) in [5.41, 5.74) is 3.96. The molecule has 0 saturated heterocycles. The maximum Gasteiger partial charge on any atom is 0.307 e. The van der Waals surface area contributed by atoms with E-state index in [0.29, 0.717) is 28.6 Å². The molecule has 1 aliphatic rings. The largest absolute Gasteiger partial charge is 0.494 e. The molecule has 2 atom stereocenters. The van der Waals surface area contributed by atoms with Gasteiger partial charge in [-0.25, -0.2) is 13.8 Å². The first kappa shape index (κ1) is 23.9. The molecule has 0 bridgehead atoms. The highest BCUT2D eigenvalue weighted by atomic mass is 32.1. The number of allylic oxidation sites excluding steroid dienone is 1. The maximum absolute atomic E-state index is 13.9. The molecule has 0 aliphatic heterocycles. The standard InChI is InChI=1S/C28H24F2N2O3S/c1-16(22-3-2-4-23(22)27(33)34)35-15-17-5-7-18(8-6-17)19-9-11-21(12-10-19)31-28-32-26-24(30)13-20(29)14-25(26)36-28/h5-14,22-23H,1-4,15H2,(H,31,32)(H,33,34)/t22-,23+/m1/s1. The maximum atomic E-state index is 13.9. The van der Waals surface area contributed by atoms with Gasteiger partial charge in [-0.15, -0.1) is 0 Å². The number of nitrogens with one attached hydrogen (secondary N) is 1. The Kier molecular flexibility index (Phi) is 6.69. The second-order valence-corrected chi connectivity index (χ2v) is 9.92. The third-order valence-electron chi connectivity index (χ3n) is 6.51. The molecule has 4 aromatic rings. The Balaban J connectivity index is 1.20. The van der Waals surface area contributed by atoms with Gasteiger partial charge in [0.2, 0.25) is 0 Å². The third kappa shape index (κ3) is 5.09. The molecular formula is C28H24F2N2O3S. The second-order valence-electron chi connectivity index (χ2n) is 8.89. The Morgan fingerprint density at radius 1 is 1.06 bits per heavy atom. The van der Waals surface area contributed by atoms with Crippen LogP contribution in [0.25, 0.3) is 21.3 Å². The van der Waals surface area contributed by atoms with Crippen LogP contribution in [0.5, 0.6) is 0 Å². The summed E-state index contributed by atoms with van der Waals surface area (Å²) in [5, 5.41) is 13.0. The number of nitrogens with zero attached hydrogens (tertiary/aromatic N) is 1. The summed E-state index contributed by atoms with van der Waals surface area (Å²) in [6, 6.07) is 17.8. The van der Waals surface area contributed by atoms with Gasteiger partial charge in [0.1, 0.15) is 17.9 Å². The van der Waals surface area contributed by atoms with Crippen molar-refractivity contribution in [1.82, 2.24) is 4.98 Å². The lowest BCUT2D eigenvalue weighted by molar-refractivity contribution is -0.143. The molecular weight excluding hydrogens is 482 g/mol. The quantitative estimate of drug-likeness (QED) is 0.242. The molecule has 1 fully saturated rings. The van der Waals surface area contributed by atoms with E-state index in [2.05, 4.69) is 16.9 Å². The van der Waals surface area contributed by atoms with Crippen LogP contribution in [0.2, 0.25) is 0 Å². The van der Waals surface area contributed by atoms with E-state index in [-0.39, 0.29) is 11.4 Å². The number of aromatic nitrogens is 1. The van der Waals surface area contributed by atoms with Gasteiger partial charge < -0.3 is 15.2 Å². The summed E-state index contributed by atoms with van der Waals surface area (Å²) in [6.45, 7) is 4.32. The van der Waals surface area contributed by atoms with Crippen molar-refractivity contribution in [2.75, 3.05) is 5.32 Å². The monoisotopic (exact) mass is 506 g/mol. The molecule has 0 spiro atoms. The van der Waals surface area contributed by atoms with Gasteiger partial charge in [0.15, 0.2) is 10.9 Å². The van der Waals surface area contributed by atoms with Crippen molar-refractivity contribution >= 4 is 38.3 Å². The number of carboxylic acid groups (broad SMARTS) is 1. The number of carboxylic acids is 1. The van der Waals surface area contributed by atoms with E-state index in [0.717, 1.165) is 41.3 Å². The fourth-order valence-electron chi connectivity index (χ4n) is 4.60. The van der Waals surface area contributed by atoms with E-state index in [1.165, 1.54) is 17.4 Å². The molecule has 0 unspecified atom stereocenters. The fourth-order valence-corrected chi connectivity index (χ4v) is 5.52. The molecule has 1 heterocycles. The first-order valence-corrected chi connectivity index (χ1v) is 12.5. The number of ether oxygens (including phenoxy) is 1. The van der Waals surface area contributed by atoms with Gasteiger partial charge in [0.25, 0.3) is 0 Å². The van der Waals surface area contributed by atoms with E-state index in [1.807, 2.05) is 48.5 Å². The normalized spacial score (nSPS) is 17.3. The molecule has 0 radical (unpaired) electrons. The lowest BCUT2D eigenvalue weighted by atomic mass is 9.95. The zero-order valence-electron chi connectivity index (χ0n) is 19.3. The summed E-state index contributed by atoms with van der Waals surface area (Å²) in [5.74, 6) is -2.06. The van der Waals surface area contributed by atoms with Crippen molar-refractivity contribution < 1.29 is 23.4 Å². The minimum atomic E-state index is -0.780. The van der Waals surface area contributed by atoms with Crippen LogP contribution in [0.15, 0.2) is 73.0 Å². The highest BCUT2D eigenvalue weighted by Gasteiger charge is 2.35. The Hall–Kier alpha value is -3.78. The van der Waals surface area contributed by atoms with Crippen LogP contribution >= 0.6 is 11.3 Å². The molecule has 5 nitrogen and oxygen atoms in total. The van der Waals surface area contributed by atoms with Crippen molar-refractivity contribution in [3.63, 3.8) is 0 Å². The van der Waals surface area contributed by atoms with Crippen molar-refractivity contribution in [2.45, 2.75) is 25.9 Å². The Labute approximate surface area is 211 Å². The van der Waals surface area contributed by atoms with Crippen LogP contribution < -0.4 is 5.32 Å². The molecule has 3 aromatic carbocycles. The Morgan fingerprint density at radius 3 is 2.42 bits per heavy atom. The van der Waals surface area contributed by atoms with Crippen LogP contribution in [0.3, 0.4) is 0 Å². The van der Waals surface area contributed by atoms with Crippen LogP contribution in [0.1, 0.15) is 24.8 Å². The number of halogens is 2. The first-order valence-electron chi connectivity index (χ1n) is 11.6. The van der Waals surface area contributed by atoms with Gasteiger partial charge in [-0.3, -0.25) is 4.79 Å². The number of fused-ring (bicyclic) bond motifs is 1. The molecule has 8 heteroatoms. The van der Waals surface area contributed by atoms with Gasteiger partial charge in [-0.1, -0.05) is 60.7 Å². The number of benzene rings is 3. The molecule has 1 aromatic heterocycles. The SMILES string of the molecule is C=C(OCc1ccc(-c2ccc(Nc3nc4c(F)cc(F)cc4s3)cc2)cc1)[C@H]1CCC[C@@H]1C(=O)O. The van der Waals surface area contributed by atoms with E-state index in [4.69, 9.17) is 4.74 Å². The minimum absolute atomic E-state index is 0.128. The number of hydrogen-bond acceptors (Lipinski definition) is 5. The van der Waals surface area contributed by atoms with E-state index >= 15 is 0 Å². The highest BCUT2D eigenvalue weighted by molar-refractivity contribution is 7.22. The fraction of sp³-hybridized carbons (Fsp3) is 0.214. The van der Waals surface area contributed by atoms with Crippen LogP contribution in [0.4, 0.5) is 19.6 Å². The van der Waals surface area contributed by atoms with Gasteiger partial charge in [-0.05, 0) is 47.7 Å². The lowest BCUT2D eigenvalue weighted by Crippen LogP contribution is -2.20. The molecule has 0 amide bonds. The predicted octanol–water partition coefficient (Wildman–Crippen LogP) is 7.52. The van der Waals surface area contributed by atoms with Crippen molar-refractivity contribution in [3.8, 4) is 11.1 Å². The first-order chi connectivity index (χ1) is 17.4. The summed E-state index contributed by atoms with van der Waals surface area (Å²) < 4.78 is 33.6. The zero-order valence-corrected chi connectivity index (χ0v) is 20.2. The Bertz CT molecular complexity index is 1420. The topological polar surface area (TPSA) is 71.5 Å². The minimum Gasteiger partial charge on any atom is -0.494 e. The average molecular weight is 507 g/mol. The molecule has 184 valence electrons. The van der Waals surface area contributed by atoms with Gasteiger partial charge in [0.05, 0.1) is 16.4 Å². The smallest absolute Gasteiger partial charge is 0.307 e. The molecule has 2 N–H and O–H groups in total. The number of hydrogen-bond donors (Lipinski definition) is 2. The predicted molar refractivity (Wildman–Crippen MR) is 137 cm³/mol. The summed E-state index contributed by atoms with van der Waals surface area (Å²) >= 11 is 1.19. The number of anilines is 2. The van der Waals surface area contributed by atoms with Gasteiger partial charge in [0, 0.05) is 17.7 Å². The highest BCUT2D eigenvalue weighted by Crippen LogP contribution is 2.37. The van der Waals surface area contributed by atoms with Crippen LogP contribution in [-0.4, -0.2) is 16.1 Å². The molecule has 1 aliphatic carbocycles. The van der Waals surface area contributed by atoms with Crippen LogP contribution in [-0.2, 0) is 16.1 Å². The van der Waals surface area contributed by atoms with Gasteiger partial charge in [-0.2, -0.15) is 0 Å². The van der Waals surface area contributed by atoms with E-state index in [1.54, 1.807) is 0 Å². The Morgan fingerprint density at radius 2 is 1.72 bits per heavy atom. The molecule has 5 rings (SSSR count). The average Bonchev–Trinajstić information content (AvgIpc) is 3.51. The van der Waals surface area contributed by atoms with E-state index in [9.17, 15) is 18.7 Å². The third-order valence-corrected chi connectivity index (χ3v) is 7.43. The van der Waals surface area contributed by atoms with Crippen molar-refractivity contribution in [3.05, 3.63) is 90.2 Å². The summed E-state index contributed by atoms with van der Waals surface area (Å²) in [7, 11) is 0. The lowest BCUT2D eigenvalue weighted by Gasteiger charge is -2.19. The number of rotatable bonds is 8. The zero-order chi connectivity index (χ0) is 25.2. The number of carbonyl (C=O) groups is 1. The van der Waals surface area contributed by atoms with Crippen molar-refractivity contribution in [2.24, 2.45) is 11.8 Å². The molecule has 36 heavy (non-hydrogen) atoms. The number of thiazole rings is 1. The van der Waals surface area contributed by atoms with Crippen molar-refractivity contribution in [1.29, 1.82) is 0 Å². The number of aliphatic carboxylic acids is 1. The van der Waals surface area contributed by atoms with E-state index < -0.39 is 23.5 Å². The summed E-state index contributed by atoms with van der Waals surface area (Å²) in [6.07, 6.45) is 2.35.